The topological polar surface area (TPSA) is 68.4 Å². The van der Waals surface area contributed by atoms with E-state index in [4.69, 9.17) is 11.6 Å². The van der Waals surface area contributed by atoms with E-state index in [1.807, 2.05) is 30.3 Å². The fourth-order valence-corrected chi connectivity index (χ4v) is 3.20. The SMILES string of the molecule is Cc1c(N=C2C(=O)Nc3ccc(Cl)cc32)c(=O)n(-c2ccccc2)n1C. The minimum absolute atomic E-state index is 0.188. The molecule has 130 valence electrons. The van der Waals surface area contributed by atoms with Crippen LogP contribution in [0.2, 0.25) is 5.02 Å². The fraction of sp³-hybridized carbons (Fsp3) is 0.105. The summed E-state index contributed by atoms with van der Waals surface area (Å²) in [4.78, 5) is 29.7. The van der Waals surface area contributed by atoms with Gasteiger partial charge in [-0.3, -0.25) is 14.3 Å². The highest BCUT2D eigenvalue weighted by Gasteiger charge is 2.27. The normalized spacial score (nSPS) is 14.6. The van der Waals surface area contributed by atoms with Crippen molar-refractivity contribution >= 4 is 34.6 Å². The van der Waals surface area contributed by atoms with Crippen molar-refractivity contribution in [3.63, 3.8) is 0 Å². The monoisotopic (exact) mass is 366 g/mol. The van der Waals surface area contributed by atoms with Crippen LogP contribution in [0.4, 0.5) is 11.4 Å². The van der Waals surface area contributed by atoms with Crippen molar-refractivity contribution in [3.8, 4) is 5.69 Å². The molecule has 1 amide bonds. The quantitative estimate of drug-likeness (QED) is 0.756. The molecule has 0 aliphatic carbocycles. The van der Waals surface area contributed by atoms with E-state index in [1.54, 1.807) is 36.9 Å². The Balaban J connectivity index is 1.92. The van der Waals surface area contributed by atoms with Crippen LogP contribution in [0, 0.1) is 6.92 Å². The zero-order valence-electron chi connectivity index (χ0n) is 14.2. The maximum absolute atomic E-state index is 13.0. The van der Waals surface area contributed by atoms with Crippen molar-refractivity contribution in [2.75, 3.05) is 5.32 Å². The average Bonchev–Trinajstić information content (AvgIpc) is 3.04. The standard InChI is InChI=1S/C19H15ClN4O2/c1-11-16(19(26)24(23(11)2)13-6-4-3-5-7-13)22-17-14-10-12(20)8-9-15(14)21-18(17)25/h3-10H,1-2H3,(H,21,22,25). The third kappa shape index (κ3) is 2.46. The summed E-state index contributed by atoms with van der Waals surface area (Å²) in [5.41, 5.74) is 2.75. The van der Waals surface area contributed by atoms with E-state index < -0.39 is 0 Å². The van der Waals surface area contributed by atoms with Gasteiger partial charge in [0.1, 0.15) is 5.71 Å². The van der Waals surface area contributed by atoms with Crippen molar-refractivity contribution in [2.24, 2.45) is 12.0 Å². The van der Waals surface area contributed by atoms with Gasteiger partial charge in [-0.2, -0.15) is 0 Å². The van der Waals surface area contributed by atoms with E-state index in [0.29, 0.717) is 22.0 Å². The lowest BCUT2D eigenvalue weighted by atomic mass is 10.1. The van der Waals surface area contributed by atoms with Crippen molar-refractivity contribution in [1.29, 1.82) is 0 Å². The molecule has 7 heteroatoms. The first kappa shape index (κ1) is 16.4. The van der Waals surface area contributed by atoms with Crippen molar-refractivity contribution in [2.45, 2.75) is 6.92 Å². The summed E-state index contributed by atoms with van der Waals surface area (Å²) in [5, 5.41) is 3.24. The number of aromatic nitrogens is 2. The number of anilines is 1. The number of benzene rings is 2. The van der Waals surface area contributed by atoms with E-state index >= 15 is 0 Å². The summed E-state index contributed by atoms with van der Waals surface area (Å²) in [6.07, 6.45) is 0. The lowest BCUT2D eigenvalue weighted by molar-refractivity contribution is -0.110. The molecule has 3 aromatic rings. The van der Waals surface area contributed by atoms with Crippen LogP contribution in [0.1, 0.15) is 11.3 Å². The van der Waals surface area contributed by atoms with Crippen LogP contribution in [0.15, 0.2) is 58.3 Å². The molecule has 0 atom stereocenters. The second-order valence-electron chi connectivity index (χ2n) is 6.01. The number of hydrogen-bond acceptors (Lipinski definition) is 3. The largest absolute Gasteiger partial charge is 0.320 e. The van der Waals surface area contributed by atoms with Gasteiger partial charge in [0.2, 0.25) is 0 Å². The Morgan fingerprint density at radius 1 is 1.08 bits per heavy atom. The fourth-order valence-electron chi connectivity index (χ4n) is 3.03. The lowest BCUT2D eigenvalue weighted by Gasteiger charge is -2.07. The van der Waals surface area contributed by atoms with Gasteiger partial charge < -0.3 is 5.32 Å². The maximum atomic E-state index is 13.0. The van der Waals surface area contributed by atoms with Crippen LogP contribution in [-0.2, 0) is 11.8 Å². The summed E-state index contributed by atoms with van der Waals surface area (Å²) in [7, 11) is 1.78. The number of carbonyl (C=O) groups is 1. The summed E-state index contributed by atoms with van der Waals surface area (Å²) >= 11 is 6.05. The number of carbonyl (C=O) groups excluding carboxylic acids is 1. The van der Waals surface area contributed by atoms with Crippen LogP contribution >= 0.6 is 11.6 Å². The number of amides is 1. The van der Waals surface area contributed by atoms with Gasteiger partial charge in [-0.1, -0.05) is 29.8 Å². The molecule has 1 aliphatic heterocycles. The van der Waals surface area contributed by atoms with Crippen molar-refractivity contribution < 1.29 is 4.79 Å². The highest BCUT2D eigenvalue weighted by Crippen LogP contribution is 2.28. The number of nitrogens with zero attached hydrogens (tertiary/aromatic N) is 3. The van der Waals surface area contributed by atoms with Gasteiger partial charge in [0, 0.05) is 17.6 Å². The molecule has 0 spiro atoms. The van der Waals surface area contributed by atoms with E-state index in [2.05, 4.69) is 10.3 Å². The number of hydrogen-bond donors (Lipinski definition) is 1. The molecule has 26 heavy (non-hydrogen) atoms. The molecule has 4 rings (SSSR count). The Morgan fingerprint density at radius 3 is 2.54 bits per heavy atom. The molecule has 0 fully saturated rings. The molecule has 6 nitrogen and oxygen atoms in total. The molecule has 2 aromatic carbocycles. The second kappa shape index (κ2) is 6.00. The highest BCUT2D eigenvalue weighted by molar-refractivity contribution is 6.54. The maximum Gasteiger partial charge on any atom is 0.297 e. The Morgan fingerprint density at radius 2 is 1.81 bits per heavy atom. The smallest absolute Gasteiger partial charge is 0.297 e. The van der Waals surface area contributed by atoms with E-state index in [0.717, 1.165) is 5.69 Å². The number of para-hydroxylation sites is 1. The molecule has 0 radical (unpaired) electrons. The van der Waals surface area contributed by atoms with Crippen LogP contribution in [-0.4, -0.2) is 21.0 Å². The number of nitrogens with one attached hydrogen (secondary N) is 1. The zero-order valence-corrected chi connectivity index (χ0v) is 14.9. The molecule has 0 saturated heterocycles. The van der Waals surface area contributed by atoms with E-state index in [9.17, 15) is 9.59 Å². The first-order valence-corrected chi connectivity index (χ1v) is 8.39. The average molecular weight is 367 g/mol. The molecule has 2 heterocycles. The first-order valence-electron chi connectivity index (χ1n) is 8.01. The van der Waals surface area contributed by atoms with Gasteiger partial charge in [0.15, 0.2) is 5.69 Å². The summed E-state index contributed by atoms with van der Waals surface area (Å²) < 4.78 is 3.25. The highest BCUT2D eigenvalue weighted by atomic mass is 35.5. The van der Waals surface area contributed by atoms with Crippen LogP contribution in [0.25, 0.3) is 5.69 Å². The van der Waals surface area contributed by atoms with Gasteiger partial charge in [0.25, 0.3) is 11.5 Å². The molecular weight excluding hydrogens is 352 g/mol. The molecule has 0 unspecified atom stereocenters. The molecule has 1 aromatic heterocycles. The van der Waals surface area contributed by atoms with E-state index in [-0.39, 0.29) is 22.9 Å². The third-order valence-corrected chi connectivity index (χ3v) is 4.68. The van der Waals surface area contributed by atoms with Crippen LogP contribution in [0.3, 0.4) is 0 Å². The summed E-state index contributed by atoms with van der Waals surface area (Å²) in [5.74, 6) is -0.351. The minimum Gasteiger partial charge on any atom is -0.320 e. The number of halogens is 1. The first-order chi connectivity index (χ1) is 12.5. The number of fused-ring (bicyclic) bond motifs is 1. The van der Waals surface area contributed by atoms with Crippen molar-refractivity contribution in [3.05, 3.63) is 75.2 Å². The van der Waals surface area contributed by atoms with Gasteiger partial charge >= 0.3 is 0 Å². The number of rotatable bonds is 2. The lowest BCUT2D eigenvalue weighted by Crippen LogP contribution is -2.20. The predicted octanol–water partition coefficient (Wildman–Crippen LogP) is 3.21. The van der Waals surface area contributed by atoms with E-state index in [1.165, 1.54) is 4.68 Å². The van der Waals surface area contributed by atoms with Gasteiger partial charge in [-0.25, -0.2) is 9.67 Å². The molecule has 1 aliphatic rings. The third-order valence-electron chi connectivity index (χ3n) is 4.45. The van der Waals surface area contributed by atoms with Crippen LogP contribution in [0.5, 0.6) is 0 Å². The summed E-state index contributed by atoms with van der Waals surface area (Å²) in [6.45, 7) is 1.80. The molecule has 1 N–H and O–H groups in total. The minimum atomic E-state index is -0.351. The Kier molecular flexibility index (Phi) is 3.77. The van der Waals surface area contributed by atoms with Crippen molar-refractivity contribution in [1.82, 2.24) is 9.36 Å². The van der Waals surface area contributed by atoms with Gasteiger partial charge in [-0.15, -0.1) is 0 Å². The van der Waals surface area contributed by atoms with Crippen LogP contribution < -0.4 is 10.9 Å². The van der Waals surface area contributed by atoms with Gasteiger partial charge in [-0.05, 0) is 37.3 Å². The Labute approximate surface area is 154 Å². The number of aliphatic imine (C=N–C) groups is 1. The molecule has 0 saturated carbocycles. The summed E-state index contributed by atoms with van der Waals surface area (Å²) in [6, 6.07) is 14.4. The Bertz CT molecular complexity index is 1130. The Hall–Kier alpha value is -3.12. The second-order valence-corrected chi connectivity index (χ2v) is 6.45. The molecular formula is C19H15ClN4O2. The zero-order chi connectivity index (χ0) is 18.4. The van der Waals surface area contributed by atoms with Gasteiger partial charge in [0.05, 0.1) is 17.1 Å². The molecule has 0 bridgehead atoms. The predicted molar refractivity (Wildman–Crippen MR) is 102 cm³/mol.